The fraction of sp³-hybridized carbons (Fsp3) is 0.400. The number of halogens is 3. The van der Waals surface area contributed by atoms with Gasteiger partial charge in [0.05, 0.1) is 7.05 Å². The lowest BCUT2D eigenvalue weighted by atomic mass is 10.9. The van der Waals surface area contributed by atoms with Gasteiger partial charge in [-0.1, -0.05) is 0 Å². The summed E-state index contributed by atoms with van der Waals surface area (Å²) in [6.07, 6.45) is 3.48. The van der Waals surface area contributed by atoms with E-state index in [2.05, 4.69) is 0 Å². The van der Waals surface area contributed by atoms with Crippen molar-refractivity contribution in [3.63, 3.8) is 0 Å². The van der Waals surface area contributed by atoms with Crippen LogP contribution in [-0.4, -0.2) is 18.1 Å². The Bertz CT molecular complexity index is 376. The Labute approximate surface area is 84.6 Å². The predicted octanol–water partition coefficient (Wildman–Crippen LogP) is -3.28. The normalized spacial score (nSPS) is 11.4. The molecule has 76 valence electrons. The van der Waals surface area contributed by atoms with E-state index in [1.54, 1.807) is 0 Å². The molecule has 0 saturated carbocycles. The number of rotatable bonds is 2. The van der Waals surface area contributed by atoms with Gasteiger partial charge in [0.25, 0.3) is 6.33 Å². The molecule has 0 aliphatic rings. The van der Waals surface area contributed by atoms with Crippen LogP contribution in [0.15, 0.2) is 18.7 Å². The molecular formula is C5H7BrF2N2O2S. The molecule has 0 atom stereocenters. The van der Waals surface area contributed by atoms with Crippen molar-refractivity contribution < 1.29 is 38.7 Å². The molecule has 8 heteroatoms. The first-order valence-corrected chi connectivity index (χ1v) is 4.50. The standard InChI is InChI=1S/C5H7F2N2O2S.BrH/c1-8-2-3-9(4-8)12(10,11)5(6)7;/h2-5H,1H3;1H/q+1;/p-1. The average Bonchev–Trinajstić information content (AvgIpc) is 2.35. The zero-order valence-electron chi connectivity index (χ0n) is 6.56. The summed E-state index contributed by atoms with van der Waals surface area (Å²) >= 11 is 0. The summed E-state index contributed by atoms with van der Waals surface area (Å²) in [6.45, 7) is 0. The molecule has 13 heavy (non-hydrogen) atoms. The largest absolute Gasteiger partial charge is 1.00 e. The van der Waals surface area contributed by atoms with E-state index in [0.29, 0.717) is 3.97 Å². The number of hydrogen-bond donors (Lipinski definition) is 0. The lowest BCUT2D eigenvalue weighted by Gasteiger charge is -1.95. The van der Waals surface area contributed by atoms with Gasteiger partial charge in [0.2, 0.25) is 0 Å². The molecule has 0 aromatic carbocycles. The lowest BCUT2D eigenvalue weighted by Crippen LogP contribution is -3.00. The van der Waals surface area contributed by atoms with Crippen molar-refractivity contribution in [2.24, 2.45) is 7.05 Å². The van der Waals surface area contributed by atoms with Crippen LogP contribution in [0.25, 0.3) is 0 Å². The van der Waals surface area contributed by atoms with Crippen molar-refractivity contribution in [2.45, 2.75) is 5.76 Å². The average molecular weight is 277 g/mol. The highest BCUT2D eigenvalue weighted by Gasteiger charge is 2.30. The van der Waals surface area contributed by atoms with Gasteiger partial charge in [-0.05, 0) is 0 Å². The Kier molecular flexibility index (Phi) is 3.98. The van der Waals surface area contributed by atoms with Gasteiger partial charge in [-0.3, -0.25) is 0 Å². The number of alkyl halides is 2. The molecule has 0 aliphatic carbocycles. The van der Waals surface area contributed by atoms with Gasteiger partial charge in [-0.15, -0.1) is 3.97 Å². The Morgan fingerprint density at radius 3 is 2.31 bits per heavy atom. The van der Waals surface area contributed by atoms with Crippen molar-refractivity contribution in [1.29, 1.82) is 0 Å². The second-order valence-corrected chi connectivity index (χ2v) is 4.02. The second kappa shape index (κ2) is 4.14. The Hall–Kier alpha value is -0.500. The maximum Gasteiger partial charge on any atom is 0.374 e. The molecule has 0 saturated heterocycles. The third kappa shape index (κ3) is 2.47. The van der Waals surface area contributed by atoms with E-state index in [9.17, 15) is 17.2 Å². The highest BCUT2D eigenvalue weighted by atomic mass is 79.9. The number of aryl methyl sites for hydroxylation is 1. The van der Waals surface area contributed by atoms with Gasteiger partial charge >= 0.3 is 15.8 Å². The number of imidazole rings is 1. The fourth-order valence-corrected chi connectivity index (χ4v) is 1.36. The topological polar surface area (TPSA) is 43.0 Å². The first kappa shape index (κ1) is 12.5. The highest BCUT2D eigenvalue weighted by Crippen LogP contribution is 2.07. The summed E-state index contributed by atoms with van der Waals surface area (Å²) in [4.78, 5) is 0. The van der Waals surface area contributed by atoms with E-state index in [4.69, 9.17) is 0 Å². The molecular weight excluding hydrogens is 270 g/mol. The molecule has 4 nitrogen and oxygen atoms in total. The fourth-order valence-electron chi connectivity index (χ4n) is 0.670. The third-order valence-corrected chi connectivity index (χ3v) is 2.52. The van der Waals surface area contributed by atoms with Crippen molar-refractivity contribution in [2.75, 3.05) is 0 Å². The van der Waals surface area contributed by atoms with Crippen molar-refractivity contribution in [1.82, 2.24) is 3.97 Å². The van der Waals surface area contributed by atoms with Gasteiger partial charge in [0.15, 0.2) is 0 Å². The molecule has 0 N–H and O–H groups in total. The maximum atomic E-state index is 11.9. The summed E-state index contributed by atoms with van der Waals surface area (Å²) < 4.78 is 47.1. The zero-order valence-corrected chi connectivity index (χ0v) is 8.96. The van der Waals surface area contributed by atoms with Gasteiger partial charge in [0.1, 0.15) is 12.4 Å². The predicted molar refractivity (Wildman–Crippen MR) is 35.9 cm³/mol. The van der Waals surface area contributed by atoms with Crippen LogP contribution in [-0.2, 0) is 17.1 Å². The summed E-state index contributed by atoms with van der Waals surface area (Å²) in [5, 5.41) is 0. The van der Waals surface area contributed by atoms with Crippen LogP contribution in [0, 0.1) is 0 Å². The van der Waals surface area contributed by atoms with Gasteiger partial charge < -0.3 is 17.0 Å². The van der Waals surface area contributed by atoms with E-state index < -0.39 is 15.8 Å². The van der Waals surface area contributed by atoms with Crippen LogP contribution in [0.3, 0.4) is 0 Å². The Balaban J connectivity index is 0.00000144. The van der Waals surface area contributed by atoms with Crippen LogP contribution in [0.2, 0.25) is 0 Å². The molecule has 0 fully saturated rings. The van der Waals surface area contributed by atoms with Crippen LogP contribution in [0.1, 0.15) is 0 Å². The zero-order chi connectivity index (χ0) is 9.35. The van der Waals surface area contributed by atoms with E-state index in [1.807, 2.05) is 0 Å². The molecule has 0 unspecified atom stereocenters. The summed E-state index contributed by atoms with van der Waals surface area (Å²) in [7, 11) is -2.95. The van der Waals surface area contributed by atoms with Gasteiger partial charge in [-0.25, -0.2) is 4.57 Å². The first-order chi connectivity index (χ1) is 5.44. The molecule has 0 spiro atoms. The minimum atomic E-state index is -4.49. The van der Waals surface area contributed by atoms with Crippen molar-refractivity contribution in [3.8, 4) is 0 Å². The summed E-state index contributed by atoms with van der Waals surface area (Å²) in [5.41, 5.74) is 0. The van der Waals surface area contributed by atoms with Gasteiger partial charge in [0, 0.05) is 0 Å². The Morgan fingerprint density at radius 2 is 2.00 bits per heavy atom. The molecule has 1 aromatic heterocycles. The Morgan fingerprint density at radius 1 is 1.46 bits per heavy atom. The minimum Gasteiger partial charge on any atom is -1.00 e. The van der Waals surface area contributed by atoms with Crippen LogP contribution < -0.4 is 21.5 Å². The van der Waals surface area contributed by atoms with Crippen molar-refractivity contribution in [3.05, 3.63) is 18.7 Å². The minimum absolute atomic E-state index is 0. The molecule has 0 aliphatic heterocycles. The van der Waals surface area contributed by atoms with E-state index in [-0.39, 0.29) is 17.0 Å². The SMILES string of the molecule is C[n+]1ccn(S(=O)(=O)C(F)F)c1.[Br-]. The molecule has 0 amide bonds. The van der Waals surface area contributed by atoms with E-state index >= 15 is 0 Å². The quantitative estimate of drug-likeness (QED) is 0.532. The van der Waals surface area contributed by atoms with Crippen LogP contribution in [0.4, 0.5) is 8.78 Å². The number of aromatic nitrogens is 2. The number of nitrogens with zero attached hydrogens (tertiary/aromatic N) is 2. The number of hydrogen-bond acceptors (Lipinski definition) is 2. The monoisotopic (exact) mass is 276 g/mol. The van der Waals surface area contributed by atoms with Crippen LogP contribution in [0.5, 0.6) is 0 Å². The molecule has 1 aromatic rings. The molecule has 1 rings (SSSR count). The second-order valence-electron chi connectivity index (χ2n) is 2.21. The lowest BCUT2D eigenvalue weighted by molar-refractivity contribution is -0.670. The van der Waals surface area contributed by atoms with Crippen LogP contribution >= 0.6 is 0 Å². The van der Waals surface area contributed by atoms with E-state index in [0.717, 1.165) is 12.5 Å². The van der Waals surface area contributed by atoms with E-state index in [1.165, 1.54) is 17.8 Å². The molecule has 1 heterocycles. The third-order valence-electron chi connectivity index (χ3n) is 1.26. The smallest absolute Gasteiger partial charge is 0.374 e. The maximum absolute atomic E-state index is 11.9. The highest BCUT2D eigenvalue weighted by molar-refractivity contribution is 7.90. The molecule has 0 radical (unpaired) electrons. The van der Waals surface area contributed by atoms with Gasteiger partial charge in [-0.2, -0.15) is 17.2 Å². The molecule has 0 bridgehead atoms. The summed E-state index contributed by atoms with van der Waals surface area (Å²) in [6, 6.07) is 0. The van der Waals surface area contributed by atoms with Crippen molar-refractivity contribution >= 4 is 10.0 Å². The summed E-state index contributed by atoms with van der Waals surface area (Å²) in [5.74, 6) is -3.38. The first-order valence-electron chi connectivity index (χ1n) is 3.00.